The number of hydrogen-bond donors (Lipinski definition) is 2. The van der Waals surface area contributed by atoms with Gasteiger partial charge in [0.1, 0.15) is 5.75 Å². The van der Waals surface area contributed by atoms with Gasteiger partial charge in [-0.15, -0.1) is 0 Å². The molecule has 1 aromatic heterocycles. The molecule has 0 spiro atoms. The van der Waals surface area contributed by atoms with Crippen molar-refractivity contribution in [2.24, 2.45) is 7.05 Å². The van der Waals surface area contributed by atoms with E-state index in [0.717, 1.165) is 24.4 Å². The second kappa shape index (κ2) is 7.05. The topological polar surface area (TPSA) is 68.2 Å². The van der Waals surface area contributed by atoms with Gasteiger partial charge in [0.15, 0.2) is 0 Å². The molecule has 0 saturated carbocycles. The fourth-order valence-corrected chi connectivity index (χ4v) is 3.22. The Kier molecular flexibility index (Phi) is 4.85. The molecule has 1 aliphatic rings. The lowest BCUT2D eigenvalue weighted by Crippen LogP contribution is -2.48. The summed E-state index contributed by atoms with van der Waals surface area (Å²) in [6, 6.07) is 8.19. The van der Waals surface area contributed by atoms with Gasteiger partial charge >= 0.3 is 0 Å². The van der Waals surface area contributed by atoms with Crippen molar-refractivity contribution < 1.29 is 9.53 Å². The summed E-state index contributed by atoms with van der Waals surface area (Å²) in [7, 11) is 3.58. The summed E-state index contributed by atoms with van der Waals surface area (Å²) in [5, 5.41) is 10.9. The van der Waals surface area contributed by atoms with Crippen molar-refractivity contribution in [3.05, 3.63) is 47.3 Å². The quantitative estimate of drug-likeness (QED) is 0.879. The number of aromatic nitrogens is 2. The van der Waals surface area contributed by atoms with Crippen LogP contribution in [-0.2, 0) is 18.4 Å². The van der Waals surface area contributed by atoms with E-state index in [4.69, 9.17) is 4.74 Å². The Bertz CT molecular complexity index is 726. The van der Waals surface area contributed by atoms with Crippen molar-refractivity contribution in [3.8, 4) is 5.75 Å². The van der Waals surface area contributed by atoms with Crippen molar-refractivity contribution in [1.82, 2.24) is 20.4 Å². The van der Waals surface area contributed by atoms with Gasteiger partial charge in [0, 0.05) is 32.3 Å². The Hall–Kier alpha value is -2.34. The monoisotopic (exact) mass is 328 g/mol. The molecule has 2 aromatic rings. The molecule has 3 rings (SSSR count). The first kappa shape index (κ1) is 16.5. The van der Waals surface area contributed by atoms with Crippen LogP contribution in [0.15, 0.2) is 30.5 Å². The molecule has 1 fully saturated rings. The summed E-state index contributed by atoms with van der Waals surface area (Å²) in [5.41, 5.74) is 3.45. The molecule has 0 bridgehead atoms. The molecule has 2 heterocycles. The number of methoxy groups -OCH3 is 1. The maximum absolute atomic E-state index is 11.8. The summed E-state index contributed by atoms with van der Waals surface area (Å²) in [6.45, 7) is 2.84. The molecular weight excluding hydrogens is 304 g/mol. The Labute approximate surface area is 142 Å². The van der Waals surface area contributed by atoms with Crippen LogP contribution >= 0.6 is 0 Å². The minimum Gasteiger partial charge on any atom is -0.497 e. The standard InChI is InChI=1S/C18H24N4O2/c1-12-10-14(24-3)5-4-13(12)11-19-15-6-7-17(23)21-18(15)16-8-9-20-22(16)2/h4-5,8-10,15,18-19H,6-7,11H2,1-3H3,(H,21,23)/t15-,18-/m1/s1. The molecule has 1 aromatic carbocycles. The molecule has 128 valence electrons. The van der Waals surface area contributed by atoms with Gasteiger partial charge < -0.3 is 15.4 Å². The highest BCUT2D eigenvalue weighted by molar-refractivity contribution is 5.77. The van der Waals surface area contributed by atoms with E-state index in [0.29, 0.717) is 6.42 Å². The largest absolute Gasteiger partial charge is 0.497 e. The maximum Gasteiger partial charge on any atom is 0.220 e. The zero-order valence-electron chi connectivity index (χ0n) is 14.4. The number of aryl methyl sites for hydroxylation is 2. The van der Waals surface area contributed by atoms with E-state index in [9.17, 15) is 4.79 Å². The van der Waals surface area contributed by atoms with Crippen LogP contribution in [0.25, 0.3) is 0 Å². The zero-order valence-corrected chi connectivity index (χ0v) is 14.4. The minimum atomic E-state index is -0.0581. The normalized spacial score (nSPS) is 20.7. The van der Waals surface area contributed by atoms with Crippen LogP contribution in [0.1, 0.15) is 35.7 Å². The number of carbonyl (C=O) groups is 1. The number of hydrogen-bond acceptors (Lipinski definition) is 4. The number of benzene rings is 1. The molecule has 6 heteroatoms. The van der Waals surface area contributed by atoms with E-state index in [1.165, 1.54) is 11.1 Å². The van der Waals surface area contributed by atoms with Gasteiger partial charge in [-0.25, -0.2) is 0 Å². The van der Waals surface area contributed by atoms with E-state index < -0.39 is 0 Å². The third-order valence-corrected chi connectivity index (χ3v) is 4.68. The van der Waals surface area contributed by atoms with Gasteiger partial charge in [0.25, 0.3) is 0 Å². The van der Waals surface area contributed by atoms with Gasteiger partial charge in [0.05, 0.1) is 18.8 Å². The van der Waals surface area contributed by atoms with Crippen LogP contribution in [0, 0.1) is 6.92 Å². The maximum atomic E-state index is 11.8. The summed E-state index contributed by atoms with van der Waals surface area (Å²) >= 11 is 0. The predicted octanol–water partition coefficient (Wildman–Crippen LogP) is 1.85. The highest BCUT2D eigenvalue weighted by atomic mass is 16.5. The summed E-state index contributed by atoms with van der Waals surface area (Å²) < 4.78 is 7.08. The van der Waals surface area contributed by atoms with Gasteiger partial charge in [-0.1, -0.05) is 6.07 Å². The van der Waals surface area contributed by atoms with Crippen LogP contribution in [0.3, 0.4) is 0 Å². The number of nitrogens with zero attached hydrogens (tertiary/aromatic N) is 2. The van der Waals surface area contributed by atoms with Crippen LogP contribution < -0.4 is 15.4 Å². The fourth-order valence-electron chi connectivity index (χ4n) is 3.22. The molecule has 0 radical (unpaired) electrons. The van der Waals surface area contributed by atoms with Crippen LogP contribution in [0.4, 0.5) is 0 Å². The third-order valence-electron chi connectivity index (χ3n) is 4.68. The van der Waals surface area contributed by atoms with Crippen molar-refractivity contribution in [3.63, 3.8) is 0 Å². The van der Waals surface area contributed by atoms with E-state index in [-0.39, 0.29) is 18.0 Å². The summed E-state index contributed by atoms with van der Waals surface area (Å²) in [4.78, 5) is 11.8. The molecular formula is C18H24N4O2. The summed E-state index contributed by atoms with van der Waals surface area (Å²) in [6.07, 6.45) is 3.13. The smallest absolute Gasteiger partial charge is 0.220 e. The fraction of sp³-hybridized carbons (Fsp3) is 0.444. The van der Waals surface area contributed by atoms with E-state index >= 15 is 0 Å². The van der Waals surface area contributed by atoms with Crippen LogP contribution in [0.5, 0.6) is 5.75 Å². The molecule has 0 unspecified atom stereocenters. The second-order valence-corrected chi connectivity index (χ2v) is 6.24. The molecule has 1 aliphatic heterocycles. The van der Waals surface area contributed by atoms with E-state index in [2.05, 4.69) is 28.7 Å². The first-order valence-corrected chi connectivity index (χ1v) is 8.22. The summed E-state index contributed by atoms with van der Waals surface area (Å²) in [5.74, 6) is 0.966. The molecule has 0 aliphatic carbocycles. The predicted molar refractivity (Wildman–Crippen MR) is 91.7 cm³/mol. The van der Waals surface area contributed by atoms with E-state index in [1.807, 2.05) is 29.9 Å². The SMILES string of the molecule is COc1ccc(CN[C@@H]2CCC(=O)N[C@H]2c2ccnn2C)c(C)c1. The molecule has 6 nitrogen and oxygen atoms in total. The molecule has 24 heavy (non-hydrogen) atoms. The highest BCUT2D eigenvalue weighted by Crippen LogP contribution is 2.24. The molecule has 2 N–H and O–H groups in total. The second-order valence-electron chi connectivity index (χ2n) is 6.24. The lowest BCUT2D eigenvalue weighted by atomic mass is 9.94. The third kappa shape index (κ3) is 3.43. The molecule has 1 saturated heterocycles. The number of piperidine rings is 1. The van der Waals surface area contributed by atoms with Crippen molar-refractivity contribution in [2.75, 3.05) is 7.11 Å². The lowest BCUT2D eigenvalue weighted by molar-refractivity contribution is -0.124. The van der Waals surface area contributed by atoms with Crippen molar-refractivity contribution in [2.45, 2.75) is 38.4 Å². The van der Waals surface area contributed by atoms with Crippen LogP contribution in [0.2, 0.25) is 0 Å². The lowest BCUT2D eigenvalue weighted by Gasteiger charge is -2.33. The van der Waals surface area contributed by atoms with Gasteiger partial charge in [-0.05, 0) is 42.7 Å². The Morgan fingerprint density at radius 3 is 2.92 bits per heavy atom. The number of amides is 1. The minimum absolute atomic E-state index is 0.0581. The zero-order chi connectivity index (χ0) is 17.1. The van der Waals surface area contributed by atoms with E-state index in [1.54, 1.807) is 13.3 Å². The number of ether oxygens (including phenoxy) is 1. The first-order chi connectivity index (χ1) is 11.6. The van der Waals surface area contributed by atoms with Gasteiger partial charge in [-0.2, -0.15) is 5.10 Å². The molecule has 2 atom stereocenters. The highest BCUT2D eigenvalue weighted by Gasteiger charge is 2.31. The average Bonchev–Trinajstić information content (AvgIpc) is 3.00. The Balaban J connectivity index is 1.73. The number of nitrogens with one attached hydrogen (secondary N) is 2. The number of carbonyl (C=O) groups excluding carboxylic acids is 1. The Morgan fingerprint density at radius 2 is 2.25 bits per heavy atom. The van der Waals surface area contributed by atoms with Gasteiger partial charge in [0.2, 0.25) is 5.91 Å². The van der Waals surface area contributed by atoms with Gasteiger partial charge in [-0.3, -0.25) is 9.48 Å². The van der Waals surface area contributed by atoms with Crippen molar-refractivity contribution in [1.29, 1.82) is 0 Å². The van der Waals surface area contributed by atoms with Crippen molar-refractivity contribution >= 4 is 5.91 Å². The molecule has 1 amide bonds. The van der Waals surface area contributed by atoms with Crippen LogP contribution in [-0.4, -0.2) is 28.8 Å². The first-order valence-electron chi connectivity index (χ1n) is 8.22. The number of rotatable bonds is 5. The average molecular weight is 328 g/mol. The Morgan fingerprint density at radius 1 is 1.42 bits per heavy atom.